The molecule has 0 spiro atoms. The predicted octanol–water partition coefficient (Wildman–Crippen LogP) is 14.9. The number of rotatable bonds is 7. The Balaban J connectivity index is 1.22. The molecule has 0 atom stereocenters. The number of nitrogens with zero attached hydrogens (tertiary/aromatic N) is 5. The fraction of sp³-hybridized carbons (Fsp3) is 0. The molecule has 0 saturated carbocycles. The Kier molecular flexibility index (Phi) is 8.81. The van der Waals surface area contributed by atoms with Crippen molar-refractivity contribution in [3.8, 4) is 73.6 Å². The van der Waals surface area contributed by atoms with E-state index in [9.17, 15) is 5.26 Å². The third-order valence-corrected chi connectivity index (χ3v) is 12.4. The summed E-state index contributed by atoms with van der Waals surface area (Å²) in [4.78, 5) is 10.8. The second kappa shape index (κ2) is 15.3. The van der Waals surface area contributed by atoms with E-state index in [1.165, 1.54) is 10.8 Å². The molecule has 9 aromatic carbocycles. The maximum absolute atomic E-state index is 10.9. The molecule has 0 N–H and O–H groups in total. The van der Waals surface area contributed by atoms with Crippen LogP contribution in [0.2, 0.25) is 0 Å². The Morgan fingerprint density at radius 2 is 0.781 bits per heavy atom. The second-order valence-corrected chi connectivity index (χ2v) is 16.0. The smallest absolute Gasteiger partial charge is 0.162 e. The van der Waals surface area contributed by atoms with Crippen LogP contribution in [0.15, 0.2) is 224 Å². The molecule has 3 heterocycles. The van der Waals surface area contributed by atoms with Gasteiger partial charge in [-0.15, -0.1) is 0 Å². The van der Waals surface area contributed by atoms with Gasteiger partial charge in [0.2, 0.25) is 0 Å². The first-order valence-corrected chi connectivity index (χ1v) is 21.5. The van der Waals surface area contributed by atoms with Gasteiger partial charge in [-0.1, -0.05) is 182 Å². The molecule has 0 amide bonds. The molecule has 0 aliphatic rings. The van der Waals surface area contributed by atoms with E-state index in [2.05, 4.69) is 179 Å². The molecule has 64 heavy (non-hydrogen) atoms. The van der Waals surface area contributed by atoms with Crippen LogP contribution in [0.3, 0.4) is 0 Å². The van der Waals surface area contributed by atoms with Crippen molar-refractivity contribution in [2.45, 2.75) is 0 Å². The summed E-state index contributed by atoms with van der Waals surface area (Å²) in [7, 11) is 0. The van der Waals surface area contributed by atoms with Gasteiger partial charge in [-0.2, -0.15) is 5.26 Å². The highest BCUT2D eigenvalue weighted by Crippen LogP contribution is 2.46. The van der Waals surface area contributed by atoms with Crippen molar-refractivity contribution in [2.75, 3.05) is 0 Å². The van der Waals surface area contributed by atoms with Gasteiger partial charge < -0.3 is 9.13 Å². The lowest BCUT2D eigenvalue weighted by Crippen LogP contribution is -2.06. The summed E-state index contributed by atoms with van der Waals surface area (Å²) in [6.45, 7) is 0. The third-order valence-electron chi connectivity index (χ3n) is 12.4. The van der Waals surface area contributed by atoms with Crippen LogP contribution in [-0.4, -0.2) is 19.1 Å². The van der Waals surface area contributed by atoms with Crippen molar-refractivity contribution in [1.29, 1.82) is 5.26 Å². The van der Waals surface area contributed by atoms with Gasteiger partial charge in [0.15, 0.2) is 5.82 Å². The minimum Gasteiger partial charge on any atom is -0.309 e. The quantitative estimate of drug-likeness (QED) is 0.161. The van der Waals surface area contributed by atoms with E-state index in [1.807, 2.05) is 60.7 Å². The highest BCUT2D eigenvalue weighted by atomic mass is 15.0. The SMILES string of the molecule is N#Cc1c(-c2ccccc2)nc(-c2ccc(-c3ccccc3)c(-c3ccccc3)c2-n2c3ccccc3c3cc(-n4c5ccccc5c5ccccc54)ccc32)nc1-c1ccccc1. The van der Waals surface area contributed by atoms with Crippen molar-refractivity contribution in [1.82, 2.24) is 19.1 Å². The van der Waals surface area contributed by atoms with Crippen LogP contribution in [0.5, 0.6) is 0 Å². The zero-order valence-corrected chi connectivity index (χ0v) is 34.6. The minimum atomic E-state index is 0.432. The molecule has 0 radical (unpaired) electrons. The first-order chi connectivity index (χ1) is 31.7. The van der Waals surface area contributed by atoms with Crippen molar-refractivity contribution in [3.63, 3.8) is 0 Å². The Morgan fingerprint density at radius 3 is 1.31 bits per heavy atom. The van der Waals surface area contributed by atoms with E-state index >= 15 is 0 Å². The minimum absolute atomic E-state index is 0.432. The van der Waals surface area contributed by atoms with Gasteiger partial charge in [-0.05, 0) is 59.2 Å². The van der Waals surface area contributed by atoms with Crippen molar-refractivity contribution in [3.05, 3.63) is 230 Å². The zero-order chi connectivity index (χ0) is 42.6. The number of benzene rings is 9. The maximum atomic E-state index is 10.9. The van der Waals surface area contributed by atoms with Crippen molar-refractivity contribution in [2.24, 2.45) is 0 Å². The fourth-order valence-electron chi connectivity index (χ4n) is 9.60. The van der Waals surface area contributed by atoms with E-state index in [1.54, 1.807) is 0 Å². The van der Waals surface area contributed by atoms with Gasteiger partial charge >= 0.3 is 0 Å². The number of hydrogen-bond acceptors (Lipinski definition) is 3. The average molecular weight is 816 g/mol. The predicted molar refractivity (Wildman–Crippen MR) is 263 cm³/mol. The van der Waals surface area contributed by atoms with Gasteiger partial charge in [-0.3, -0.25) is 0 Å². The maximum Gasteiger partial charge on any atom is 0.162 e. The number of fused-ring (bicyclic) bond motifs is 6. The lowest BCUT2D eigenvalue weighted by molar-refractivity contribution is 1.13. The molecule has 0 aliphatic carbocycles. The normalized spacial score (nSPS) is 11.4. The monoisotopic (exact) mass is 815 g/mol. The molecule has 12 rings (SSSR count). The van der Waals surface area contributed by atoms with Crippen molar-refractivity contribution >= 4 is 43.6 Å². The van der Waals surface area contributed by atoms with E-state index in [0.717, 1.165) is 83.2 Å². The summed E-state index contributed by atoms with van der Waals surface area (Å²) in [6, 6.07) is 80.9. The Morgan fingerprint density at radius 1 is 0.359 bits per heavy atom. The summed E-state index contributed by atoms with van der Waals surface area (Å²) in [5.74, 6) is 0.524. The molecule has 0 saturated heterocycles. The topological polar surface area (TPSA) is 59.4 Å². The molecular formula is C59H37N5. The summed E-state index contributed by atoms with van der Waals surface area (Å²) in [6.07, 6.45) is 0. The molecule has 3 aromatic heterocycles. The fourth-order valence-corrected chi connectivity index (χ4v) is 9.60. The van der Waals surface area contributed by atoms with Crippen LogP contribution >= 0.6 is 0 Å². The van der Waals surface area contributed by atoms with Gasteiger partial charge in [-0.25, -0.2) is 9.97 Å². The molecule has 0 fully saturated rings. The Labute approximate surface area is 370 Å². The number of nitriles is 1. The summed E-state index contributed by atoms with van der Waals surface area (Å²) in [5.41, 5.74) is 14.9. The highest BCUT2D eigenvalue weighted by molar-refractivity contribution is 6.13. The molecule has 298 valence electrons. The van der Waals surface area contributed by atoms with Crippen molar-refractivity contribution < 1.29 is 0 Å². The van der Waals surface area contributed by atoms with Gasteiger partial charge in [0.05, 0.1) is 39.1 Å². The second-order valence-electron chi connectivity index (χ2n) is 16.0. The third kappa shape index (κ3) is 5.93. The molecule has 0 bridgehead atoms. The molecule has 5 heteroatoms. The van der Waals surface area contributed by atoms with E-state index in [0.29, 0.717) is 22.8 Å². The number of para-hydroxylation sites is 3. The standard InChI is InChI=1S/C59H37N5/c60-38-50-56(41-23-9-3-10-24-41)61-59(62-57(50)42-25-11-4-12-26-42)48-35-34-44(39-19-5-1-6-20-39)55(40-21-7-2-8-22-40)58(48)64-53-32-18-15-29-47(53)49-37-43(33-36-54(49)64)63-51-30-16-13-27-45(51)46-28-14-17-31-52(46)63/h1-37H. The van der Waals surface area contributed by atoms with Crippen LogP contribution in [0.4, 0.5) is 0 Å². The van der Waals surface area contributed by atoms with E-state index in [4.69, 9.17) is 9.97 Å². The lowest BCUT2D eigenvalue weighted by Gasteiger charge is -2.22. The van der Waals surface area contributed by atoms with Gasteiger partial charge in [0.1, 0.15) is 11.6 Å². The molecule has 0 aliphatic heterocycles. The van der Waals surface area contributed by atoms with Crippen LogP contribution in [0.25, 0.3) is 111 Å². The van der Waals surface area contributed by atoms with Crippen LogP contribution in [0.1, 0.15) is 5.56 Å². The molecule has 0 unspecified atom stereocenters. The van der Waals surface area contributed by atoms with Crippen LogP contribution < -0.4 is 0 Å². The molecule has 5 nitrogen and oxygen atoms in total. The molecular weight excluding hydrogens is 779 g/mol. The zero-order valence-electron chi connectivity index (χ0n) is 34.6. The highest BCUT2D eigenvalue weighted by Gasteiger charge is 2.27. The first kappa shape index (κ1) is 37.0. The van der Waals surface area contributed by atoms with Gasteiger partial charge in [0, 0.05) is 49.5 Å². The molecule has 12 aromatic rings. The summed E-state index contributed by atoms with van der Waals surface area (Å²) in [5, 5.41) is 15.6. The largest absolute Gasteiger partial charge is 0.309 e. The number of hydrogen-bond donors (Lipinski definition) is 0. The number of aromatic nitrogens is 4. The van der Waals surface area contributed by atoms with Crippen LogP contribution in [0, 0.1) is 11.3 Å². The summed E-state index contributed by atoms with van der Waals surface area (Å²) >= 11 is 0. The van der Waals surface area contributed by atoms with E-state index in [-0.39, 0.29) is 0 Å². The first-order valence-electron chi connectivity index (χ1n) is 21.5. The van der Waals surface area contributed by atoms with Gasteiger partial charge in [0.25, 0.3) is 0 Å². The van der Waals surface area contributed by atoms with Crippen LogP contribution in [-0.2, 0) is 0 Å². The Hall–Kier alpha value is -8.85. The summed E-state index contributed by atoms with van der Waals surface area (Å²) < 4.78 is 4.80. The van der Waals surface area contributed by atoms with E-state index < -0.39 is 0 Å². The lowest BCUT2D eigenvalue weighted by atomic mass is 9.90. The average Bonchev–Trinajstić information content (AvgIpc) is 3.89. The Bertz CT molecular complexity index is 3650.